The van der Waals surface area contributed by atoms with Crippen LogP contribution in [0.25, 0.3) is 0 Å². The molecule has 0 rings (SSSR count). The monoisotopic (exact) mass is 417 g/mol. The normalized spacial score (nSPS) is 10.3. The summed E-state index contributed by atoms with van der Waals surface area (Å²) in [5.41, 5.74) is 0. The molecule has 0 bridgehead atoms. The largest absolute Gasteiger partial charge is 0.907 e. The van der Waals surface area contributed by atoms with Crippen LogP contribution in [0.4, 0.5) is 8.78 Å². The standard InChI is InChI=1S/3C5H14N.C2F2O2.BO3/c3*1-5-6(2,3)4;3-1(5)2(4)6;2-1(3)4/h3*5H2,1-4H3;;/q3*+1;;-3. The first-order valence-corrected chi connectivity index (χ1v) is 8.84. The van der Waals surface area contributed by atoms with Crippen LogP contribution in [0.2, 0.25) is 0 Å². The second-order valence-corrected chi connectivity index (χ2v) is 8.66. The summed E-state index contributed by atoms with van der Waals surface area (Å²) in [4.78, 5) is 17.5. The summed E-state index contributed by atoms with van der Waals surface area (Å²) in [6, 6.07) is -5.09. The van der Waals surface area contributed by atoms with Crippen LogP contribution in [-0.2, 0) is 9.59 Å². The van der Waals surface area contributed by atoms with Crippen molar-refractivity contribution in [1.29, 1.82) is 0 Å². The van der Waals surface area contributed by atoms with Crippen LogP contribution in [0.15, 0.2) is 0 Å². The SMILES string of the molecule is CC[N+](C)(C)C.CC[N+](C)(C)C.CC[N+](C)(C)C.O=C(F)C(=O)F.[O-]B([O-])[O-]. The molecule has 0 heterocycles. The van der Waals surface area contributed by atoms with Gasteiger partial charge in [0, 0.05) is 0 Å². The molecule has 28 heavy (non-hydrogen) atoms. The minimum Gasteiger partial charge on any atom is -0.907 e. The molecule has 0 spiro atoms. The van der Waals surface area contributed by atoms with Crippen molar-refractivity contribution >= 4 is 19.4 Å². The van der Waals surface area contributed by atoms with Gasteiger partial charge in [0.1, 0.15) is 0 Å². The van der Waals surface area contributed by atoms with E-state index in [2.05, 4.69) is 84.2 Å². The first-order valence-electron chi connectivity index (χ1n) is 8.84. The summed E-state index contributed by atoms with van der Waals surface area (Å²) in [5.74, 6) is 0. The summed E-state index contributed by atoms with van der Waals surface area (Å²) in [6.07, 6.45) is 0. The lowest BCUT2D eigenvalue weighted by atomic mass is 10.3. The van der Waals surface area contributed by atoms with Gasteiger partial charge in [-0.1, -0.05) is 0 Å². The molecule has 0 aromatic heterocycles. The third kappa shape index (κ3) is 99.9. The number of halogens is 2. The number of hydrogen-bond acceptors (Lipinski definition) is 5. The number of carbonyl (C=O) groups is 2. The Balaban J connectivity index is -0.0000000793. The maximum Gasteiger partial charge on any atom is 0.401 e. The van der Waals surface area contributed by atoms with Crippen LogP contribution in [0.5, 0.6) is 0 Å². The minimum absolute atomic E-state index is 1.07. The van der Waals surface area contributed by atoms with Crippen LogP contribution in [0, 0.1) is 0 Å². The molecule has 0 aliphatic heterocycles. The van der Waals surface area contributed by atoms with E-state index in [0.717, 1.165) is 13.4 Å². The molecule has 0 saturated carbocycles. The van der Waals surface area contributed by atoms with Gasteiger partial charge in [-0.2, -0.15) is 8.78 Å². The molecule has 0 N–H and O–H groups in total. The lowest BCUT2D eigenvalue weighted by Gasteiger charge is -2.35. The summed E-state index contributed by atoms with van der Waals surface area (Å²) < 4.78 is 24.1. The van der Waals surface area contributed by atoms with Crippen LogP contribution in [0.3, 0.4) is 0 Å². The van der Waals surface area contributed by atoms with Gasteiger partial charge in [0.15, 0.2) is 0 Å². The summed E-state index contributed by atoms with van der Waals surface area (Å²) in [6.45, 7) is 10.2. The van der Waals surface area contributed by atoms with E-state index >= 15 is 0 Å². The highest BCUT2D eigenvalue weighted by atomic mass is 19.2. The van der Waals surface area contributed by atoms with Crippen molar-refractivity contribution in [2.45, 2.75) is 20.8 Å². The van der Waals surface area contributed by atoms with Crippen molar-refractivity contribution in [2.75, 3.05) is 83.1 Å². The smallest absolute Gasteiger partial charge is 0.401 e. The molecule has 172 valence electrons. The lowest BCUT2D eigenvalue weighted by molar-refractivity contribution is -0.868. The number of hydrogen-bond donors (Lipinski definition) is 0. The van der Waals surface area contributed by atoms with Gasteiger partial charge in [0.25, 0.3) is 0 Å². The van der Waals surface area contributed by atoms with E-state index < -0.39 is 19.4 Å². The van der Waals surface area contributed by atoms with E-state index in [1.165, 1.54) is 19.6 Å². The van der Waals surface area contributed by atoms with E-state index in [1.54, 1.807) is 0 Å². The average molecular weight is 417 g/mol. The van der Waals surface area contributed by atoms with E-state index in [0.29, 0.717) is 0 Å². The predicted molar refractivity (Wildman–Crippen MR) is 104 cm³/mol. The molecule has 0 aromatic rings. The van der Waals surface area contributed by atoms with Gasteiger partial charge in [-0.3, -0.25) is 7.32 Å². The minimum atomic E-state index is -2.92. The quantitative estimate of drug-likeness (QED) is 0.232. The second kappa shape index (κ2) is 19.3. The van der Waals surface area contributed by atoms with Crippen molar-refractivity contribution in [3.05, 3.63) is 0 Å². The van der Waals surface area contributed by atoms with E-state index in [4.69, 9.17) is 24.7 Å². The van der Waals surface area contributed by atoms with Crippen molar-refractivity contribution in [1.82, 2.24) is 0 Å². The zero-order chi connectivity index (χ0) is 24.4. The van der Waals surface area contributed by atoms with Gasteiger partial charge in [0.2, 0.25) is 0 Å². The van der Waals surface area contributed by atoms with Crippen molar-refractivity contribution in [2.24, 2.45) is 0 Å². The molecule has 0 radical (unpaired) electrons. The Labute approximate surface area is 170 Å². The van der Waals surface area contributed by atoms with Gasteiger partial charge in [-0.05, 0) is 20.8 Å². The van der Waals surface area contributed by atoms with Crippen LogP contribution >= 0.6 is 0 Å². The maximum absolute atomic E-state index is 10.5. The van der Waals surface area contributed by atoms with E-state index in [1.807, 2.05) is 0 Å². The fraction of sp³-hybridized carbons (Fsp3) is 0.882. The Hall–Kier alpha value is -0.975. The Morgan fingerprint density at radius 3 is 0.679 bits per heavy atom. The zero-order valence-corrected chi connectivity index (χ0v) is 19.8. The molecule has 8 nitrogen and oxygen atoms in total. The molecular weight excluding hydrogens is 375 g/mol. The molecule has 11 heteroatoms. The van der Waals surface area contributed by atoms with Gasteiger partial charge in [-0.15, -0.1) is 0 Å². The second-order valence-electron chi connectivity index (χ2n) is 8.66. The highest BCUT2D eigenvalue weighted by molar-refractivity contribution is 6.28. The number of rotatable bonds is 4. The van der Waals surface area contributed by atoms with Crippen LogP contribution < -0.4 is 15.1 Å². The van der Waals surface area contributed by atoms with Crippen molar-refractivity contribution in [3.63, 3.8) is 0 Å². The number of quaternary nitrogens is 3. The molecular formula is C17H42BF2N3O5. The Morgan fingerprint density at radius 1 is 0.607 bits per heavy atom. The Morgan fingerprint density at radius 2 is 0.679 bits per heavy atom. The number of nitrogens with zero attached hydrogens (tertiary/aromatic N) is 3. The van der Waals surface area contributed by atoms with Gasteiger partial charge < -0.3 is 28.5 Å². The predicted octanol–water partition coefficient (Wildman–Crippen LogP) is -1.83. The molecule has 0 aromatic carbocycles. The average Bonchev–Trinajstić information content (AvgIpc) is 2.46. The zero-order valence-electron chi connectivity index (χ0n) is 19.8. The van der Waals surface area contributed by atoms with Crippen molar-refractivity contribution < 1.29 is 46.9 Å². The van der Waals surface area contributed by atoms with Crippen LogP contribution in [0.1, 0.15) is 20.8 Å². The highest BCUT2D eigenvalue weighted by Gasteiger charge is 2.07. The Bertz CT molecular complexity index is 332. The van der Waals surface area contributed by atoms with E-state index in [-0.39, 0.29) is 0 Å². The fourth-order valence-electron chi connectivity index (χ4n) is 0. The molecule has 0 amide bonds. The third-order valence-electron chi connectivity index (χ3n) is 3.00. The van der Waals surface area contributed by atoms with Crippen LogP contribution in [-0.4, -0.2) is 116 Å². The molecule has 0 unspecified atom stereocenters. The molecule has 0 atom stereocenters. The molecule has 0 fully saturated rings. The van der Waals surface area contributed by atoms with Gasteiger partial charge >= 0.3 is 12.1 Å². The Kier molecular flexibility index (Phi) is 26.1. The molecule has 0 aliphatic rings. The summed E-state index contributed by atoms with van der Waals surface area (Å²) >= 11 is 0. The topological polar surface area (TPSA) is 103 Å². The number of carbonyl (C=O) groups excluding carboxylic acids is 2. The molecule has 0 saturated heterocycles. The van der Waals surface area contributed by atoms with E-state index in [9.17, 15) is 8.78 Å². The van der Waals surface area contributed by atoms with Gasteiger partial charge in [0.05, 0.1) is 83.1 Å². The van der Waals surface area contributed by atoms with Gasteiger partial charge in [-0.25, -0.2) is 9.59 Å². The lowest BCUT2D eigenvalue weighted by Crippen LogP contribution is -2.56. The maximum atomic E-state index is 10.5. The first-order chi connectivity index (χ1) is 12.1. The first kappa shape index (κ1) is 37.7. The highest BCUT2D eigenvalue weighted by Crippen LogP contribution is 1.84. The third-order valence-corrected chi connectivity index (χ3v) is 3.00. The molecule has 0 aliphatic carbocycles. The van der Waals surface area contributed by atoms with Crippen molar-refractivity contribution in [3.8, 4) is 0 Å². The summed E-state index contributed by atoms with van der Waals surface area (Å²) in [7, 11) is 16.7. The summed E-state index contributed by atoms with van der Waals surface area (Å²) in [5, 5.41) is 25.2. The fourth-order valence-corrected chi connectivity index (χ4v) is 0.